The Kier molecular flexibility index (Phi) is 8.49. The molecule has 0 aromatic carbocycles. The van der Waals surface area contributed by atoms with Crippen LogP contribution >= 0.6 is 0 Å². The van der Waals surface area contributed by atoms with Gasteiger partial charge in [0, 0.05) is 13.1 Å². The predicted octanol–water partition coefficient (Wildman–Crippen LogP) is 4.45. The second-order valence-electron chi connectivity index (χ2n) is 5.53. The fourth-order valence-corrected chi connectivity index (χ4v) is 2.62. The summed E-state index contributed by atoms with van der Waals surface area (Å²) in [5.74, 6) is 0. The van der Waals surface area contributed by atoms with E-state index in [9.17, 15) is 0 Å². The minimum Gasteiger partial charge on any atom is -0.365 e. The number of allylic oxidation sites excluding steroid dienone is 5. The fraction of sp³-hybridized carbons (Fsp3) is 0.400. The van der Waals surface area contributed by atoms with E-state index < -0.39 is 0 Å². The lowest BCUT2D eigenvalue weighted by Gasteiger charge is -2.32. The van der Waals surface area contributed by atoms with E-state index in [1.54, 1.807) is 12.2 Å². The third-order valence-corrected chi connectivity index (χ3v) is 3.82. The number of nitrogens with zero attached hydrogens (tertiary/aromatic N) is 1. The molecule has 0 saturated carbocycles. The van der Waals surface area contributed by atoms with Gasteiger partial charge in [0.05, 0.1) is 6.10 Å². The van der Waals surface area contributed by atoms with Gasteiger partial charge in [-0.1, -0.05) is 62.3 Å². The Morgan fingerprint density at radius 3 is 2.18 bits per heavy atom. The monoisotopic (exact) mass is 299 g/mol. The first kappa shape index (κ1) is 18.4. The highest BCUT2D eigenvalue weighted by Crippen LogP contribution is 2.24. The Morgan fingerprint density at radius 1 is 1.09 bits per heavy atom. The molecule has 1 rings (SSSR count). The maximum absolute atomic E-state index is 6.43. The molecule has 0 aromatic rings. The number of piperidine rings is 1. The van der Waals surface area contributed by atoms with Crippen molar-refractivity contribution in [2.24, 2.45) is 0 Å². The SMILES string of the molecule is C=C/C=C(\C=C)C(OC1CCN(C)CC1)C(/C=C\C)=C/C=C. The Hall–Kier alpha value is -1.64. The van der Waals surface area contributed by atoms with E-state index in [4.69, 9.17) is 4.74 Å². The van der Waals surface area contributed by atoms with Crippen LogP contribution in [-0.4, -0.2) is 37.2 Å². The maximum Gasteiger partial charge on any atom is 0.108 e. The van der Waals surface area contributed by atoms with Crippen LogP contribution in [0.25, 0.3) is 0 Å². The molecule has 0 bridgehead atoms. The first-order valence-electron chi connectivity index (χ1n) is 7.90. The van der Waals surface area contributed by atoms with Crippen molar-refractivity contribution in [2.45, 2.75) is 32.0 Å². The summed E-state index contributed by atoms with van der Waals surface area (Å²) in [5.41, 5.74) is 2.12. The zero-order chi connectivity index (χ0) is 16.4. The van der Waals surface area contributed by atoms with Crippen LogP contribution in [0, 0.1) is 0 Å². The van der Waals surface area contributed by atoms with Gasteiger partial charge in [-0.05, 0) is 38.0 Å². The van der Waals surface area contributed by atoms with Crippen LogP contribution in [0.2, 0.25) is 0 Å². The quantitative estimate of drug-likeness (QED) is 0.614. The summed E-state index contributed by atoms with van der Waals surface area (Å²) in [5, 5.41) is 0. The molecule has 1 aliphatic rings. The van der Waals surface area contributed by atoms with Crippen LogP contribution in [0.15, 0.2) is 73.4 Å². The lowest BCUT2D eigenvalue weighted by Crippen LogP contribution is -2.36. The summed E-state index contributed by atoms with van der Waals surface area (Å²) in [6.45, 7) is 15.7. The van der Waals surface area contributed by atoms with Crippen molar-refractivity contribution in [1.82, 2.24) is 4.90 Å². The third-order valence-electron chi connectivity index (χ3n) is 3.82. The van der Waals surface area contributed by atoms with Crippen LogP contribution in [0.5, 0.6) is 0 Å². The van der Waals surface area contributed by atoms with Gasteiger partial charge in [0.2, 0.25) is 0 Å². The molecule has 0 aliphatic carbocycles. The van der Waals surface area contributed by atoms with Crippen LogP contribution in [0.4, 0.5) is 0 Å². The summed E-state index contributed by atoms with van der Waals surface area (Å²) in [6.07, 6.45) is 15.8. The molecule has 1 heterocycles. The van der Waals surface area contributed by atoms with E-state index in [1.807, 2.05) is 31.2 Å². The van der Waals surface area contributed by atoms with Gasteiger partial charge in [0.1, 0.15) is 6.10 Å². The molecule has 0 radical (unpaired) electrons. The van der Waals surface area contributed by atoms with Crippen LogP contribution < -0.4 is 0 Å². The molecule has 120 valence electrons. The van der Waals surface area contributed by atoms with Crippen molar-refractivity contribution >= 4 is 0 Å². The molecule has 1 unspecified atom stereocenters. The predicted molar refractivity (Wildman–Crippen MR) is 97.0 cm³/mol. The van der Waals surface area contributed by atoms with Gasteiger partial charge in [0.15, 0.2) is 0 Å². The van der Waals surface area contributed by atoms with E-state index in [0.29, 0.717) is 0 Å². The van der Waals surface area contributed by atoms with E-state index in [1.165, 1.54) is 0 Å². The molecule has 2 nitrogen and oxygen atoms in total. The van der Waals surface area contributed by atoms with Crippen molar-refractivity contribution in [3.63, 3.8) is 0 Å². The molecule has 1 saturated heterocycles. The molecular formula is C20H29NO. The standard InChI is InChI=1S/C20H29NO/c1-6-10-17(9-4)20(18(11-7-2)12-8-3)22-19-13-15-21(5)16-14-19/h6-12,19-20H,1-2,4,13-16H2,3,5H3/b12-8-,17-10+,18-11+. The highest BCUT2D eigenvalue weighted by Gasteiger charge is 2.24. The van der Waals surface area contributed by atoms with Gasteiger partial charge in [-0.3, -0.25) is 0 Å². The normalized spacial score (nSPS) is 20.1. The topological polar surface area (TPSA) is 12.5 Å². The number of hydrogen-bond donors (Lipinski definition) is 0. The van der Waals surface area contributed by atoms with Gasteiger partial charge in [0.25, 0.3) is 0 Å². The Balaban J connectivity index is 3.01. The molecule has 0 aromatic heterocycles. The van der Waals surface area contributed by atoms with Crippen LogP contribution in [-0.2, 0) is 4.74 Å². The lowest BCUT2D eigenvalue weighted by molar-refractivity contribution is -0.00672. The fourth-order valence-electron chi connectivity index (χ4n) is 2.62. The zero-order valence-electron chi connectivity index (χ0n) is 14.0. The lowest BCUT2D eigenvalue weighted by atomic mass is 9.98. The molecular weight excluding hydrogens is 270 g/mol. The average Bonchev–Trinajstić information content (AvgIpc) is 2.52. The summed E-state index contributed by atoms with van der Waals surface area (Å²) >= 11 is 0. The number of hydrogen-bond acceptors (Lipinski definition) is 2. The summed E-state index contributed by atoms with van der Waals surface area (Å²) in [4.78, 5) is 2.34. The Morgan fingerprint density at radius 2 is 1.68 bits per heavy atom. The maximum atomic E-state index is 6.43. The Labute approximate surface area is 135 Å². The van der Waals surface area contributed by atoms with Gasteiger partial charge in [-0.25, -0.2) is 0 Å². The molecule has 1 aliphatic heterocycles. The zero-order valence-corrected chi connectivity index (χ0v) is 14.0. The summed E-state index contributed by atoms with van der Waals surface area (Å²) < 4.78 is 6.43. The van der Waals surface area contributed by atoms with Gasteiger partial charge in [-0.15, -0.1) is 0 Å². The van der Waals surface area contributed by atoms with Crippen molar-refractivity contribution < 1.29 is 4.74 Å². The molecule has 2 heteroatoms. The van der Waals surface area contributed by atoms with Gasteiger partial charge >= 0.3 is 0 Å². The van der Waals surface area contributed by atoms with Crippen LogP contribution in [0.1, 0.15) is 19.8 Å². The number of ether oxygens (including phenoxy) is 1. The van der Waals surface area contributed by atoms with E-state index >= 15 is 0 Å². The molecule has 22 heavy (non-hydrogen) atoms. The van der Waals surface area contributed by atoms with Gasteiger partial charge in [-0.2, -0.15) is 0 Å². The number of rotatable bonds is 8. The summed E-state index contributed by atoms with van der Waals surface area (Å²) in [6, 6.07) is 0. The largest absolute Gasteiger partial charge is 0.365 e. The van der Waals surface area contributed by atoms with Crippen LogP contribution in [0.3, 0.4) is 0 Å². The first-order valence-corrected chi connectivity index (χ1v) is 7.90. The van der Waals surface area contributed by atoms with E-state index in [-0.39, 0.29) is 12.2 Å². The highest BCUT2D eigenvalue weighted by molar-refractivity contribution is 5.39. The molecule has 0 spiro atoms. The van der Waals surface area contributed by atoms with E-state index in [2.05, 4.69) is 37.8 Å². The highest BCUT2D eigenvalue weighted by atomic mass is 16.5. The number of likely N-dealkylation sites (tertiary alicyclic amines) is 1. The second-order valence-corrected chi connectivity index (χ2v) is 5.53. The minimum atomic E-state index is -0.127. The van der Waals surface area contributed by atoms with Crippen molar-refractivity contribution in [3.8, 4) is 0 Å². The third kappa shape index (κ3) is 5.63. The van der Waals surface area contributed by atoms with Crippen molar-refractivity contribution in [2.75, 3.05) is 20.1 Å². The molecule has 1 atom stereocenters. The molecule has 1 fully saturated rings. The smallest absolute Gasteiger partial charge is 0.108 e. The minimum absolute atomic E-state index is 0.127. The summed E-state index contributed by atoms with van der Waals surface area (Å²) in [7, 11) is 2.16. The first-order chi connectivity index (χ1) is 10.7. The average molecular weight is 299 g/mol. The van der Waals surface area contributed by atoms with Crippen molar-refractivity contribution in [1.29, 1.82) is 0 Å². The second kappa shape index (κ2) is 10.1. The van der Waals surface area contributed by atoms with Crippen molar-refractivity contribution in [3.05, 3.63) is 73.4 Å². The molecule has 0 amide bonds. The van der Waals surface area contributed by atoms with Gasteiger partial charge < -0.3 is 9.64 Å². The Bertz CT molecular complexity index is 462. The van der Waals surface area contributed by atoms with E-state index in [0.717, 1.165) is 37.1 Å². The molecule has 0 N–H and O–H groups in total.